The van der Waals surface area contributed by atoms with Crippen LogP contribution in [0.3, 0.4) is 0 Å². The van der Waals surface area contributed by atoms with Crippen molar-refractivity contribution in [3.8, 4) is 5.75 Å². The predicted octanol–water partition coefficient (Wildman–Crippen LogP) is 2.13. The second-order valence-electron chi connectivity index (χ2n) is 4.88. The molecule has 0 aliphatic rings. The normalized spacial score (nSPS) is 10.1. The number of benzene rings is 1. The van der Waals surface area contributed by atoms with Crippen LogP contribution in [0.4, 0.5) is 5.69 Å². The summed E-state index contributed by atoms with van der Waals surface area (Å²) < 4.78 is 10.4. The fourth-order valence-corrected chi connectivity index (χ4v) is 1.66. The Bertz CT molecular complexity index is 503. The van der Waals surface area contributed by atoms with Gasteiger partial charge >= 0.3 is 5.97 Å². The number of carbonyl (C=O) groups excluding carboxylic acids is 2. The zero-order valence-corrected chi connectivity index (χ0v) is 13.2. The topological polar surface area (TPSA) is 90.6 Å². The van der Waals surface area contributed by atoms with E-state index in [1.807, 2.05) is 13.8 Å². The van der Waals surface area contributed by atoms with Crippen LogP contribution in [0.5, 0.6) is 5.75 Å². The summed E-state index contributed by atoms with van der Waals surface area (Å²) in [4.78, 5) is 23.2. The quantitative estimate of drug-likeness (QED) is 0.414. The van der Waals surface area contributed by atoms with E-state index in [2.05, 4.69) is 5.32 Å². The molecule has 0 aromatic heterocycles. The molecule has 6 heteroatoms. The minimum absolute atomic E-state index is 0.107. The fourth-order valence-electron chi connectivity index (χ4n) is 1.66. The average Bonchev–Trinajstić information content (AvgIpc) is 2.51. The third-order valence-electron chi connectivity index (χ3n) is 2.91. The summed E-state index contributed by atoms with van der Waals surface area (Å²) in [5.74, 6) is -0.242. The molecule has 0 heterocycles. The molecular weight excluding hydrogens is 284 g/mol. The zero-order chi connectivity index (χ0) is 16.4. The summed E-state index contributed by atoms with van der Waals surface area (Å²) in [6.45, 7) is 4.89. The number of nitrogens with one attached hydrogen (secondary N) is 1. The van der Waals surface area contributed by atoms with E-state index in [0.717, 1.165) is 19.3 Å². The van der Waals surface area contributed by atoms with Crippen molar-refractivity contribution in [2.75, 3.05) is 25.5 Å². The Hall–Kier alpha value is -2.24. The van der Waals surface area contributed by atoms with Gasteiger partial charge in [0.15, 0.2) is 6.61 Å². The molecule has 0 bridgehead atoms. The van der Waals surface area contributed by atoms with Gasteiger partial charge in [-0.1, -0.05) is 20.3 Å². The number of amides is 1. The standard InChI is InChI=1S/C16H24N2O4/c1-3-5-9-21-16(20)12-6-7-14(13(17)10-12)22-11-15(19)18-8-4-2/h6-7,10H,3-5,8-9,11,17H2,1-2H3,(H,18,19). The van der Waals surface area contributed by atoms with Crippen LogP contribution in [0.1, 0.15) is 43.5 Å². The Morgan fingerprint density at radius 3 is 2.64 bits per heavy atom. The Balaban J connectivity index is 2.54. The molecule has 1 amide bonds. The van der Waals surface area contributed by atoms with Crippen LogP contribution in [0, 0.1) is 0 Å². The van der Waals surface area contributed by atoms with E-state index in [1.165, 1.54) is 6.07 Å². The number of hydrogen-bond donors (Lipinski definition) is 2. The van der Waals surface area contributed by atoms with E-state index in [-0.39, 0.29) is 12.5 Å². The molecular formula is C16H24N2O4. The maximum absolute atomic E-state index is 11.8. The molecule has 122 valence electrons. The van der Waals surface area contributed by atoms with Crippen LogP contribution in [0.15, 0.2) is 18.2 Å². The van der Waals surface area contributed by atoms with E-state index in [1.54, 1.807) is 12.1 Å². The molecule has 1 rings (SSSR count). The Labute approximate surface area is 131 Å². The largest absolute Gasteiger partial charge is 0.482 e. The minimum atomic E-state index is -0.410. The summed E-state index contributed by atoms with van der Waals surface area (Å²) in [6.07, 6.45) is 2.65. The van der Waals surface area contributed by atoms with E-state index >= 15 is 0 Å². The highest BCUT2D eigenvalue weighted by Gasteiger charge is 2.11. The second-order valence-corrected chi connectivity index (χ2v) is 4.88. The van der Waals surface area contributed by atoms with Gasteiger partial charge < -0.3 is 20.5 Å². The first-order chi connectivity index (χ1) is 10.6. The monoisotopic (exact) mass is 308 g/mol. The van der Waals surface area contributed by atoms with Crippen LogP contribution in [-0.2, 0) is 9.53 Å². The first-order valence-electron chi connectivity index (χ1n) is 7.54. The average molecular weight is 308 g/mol. The molecule has 1 aromatic carbocycles. The number of carbonyl (C=O) groups is 2. The van der Waals surface area contributed by atoms with Crippen LogP contribution >= 0.6 is 0 Å². The van der Waals surface area contributed by atoms with Gasteiger partial charge in [-0.3, -0.25) is 4.79 Å². The van der Waals surface area contributed by atoms with Gasteiger partial charge in [0, 0.05) is 6.54 Å². The van der Waals surface area contributed by atoms with E-state index in [4.69, 9.17) is 15.2 Å². The molecule has 3 N–H and O–H groups in total. The molecule has 6 nitrogen and oxygen atoms in total. The van der Waals surface area contributed by atoms with Crippen LogP contribution in [0.2, 0.25) is 0 Å². The highest BCUT2D eigenvalue weighted by Crippen LogP contribution is 2.23. The number of esters is 1. The second kappa shape index (κ2) is 9.65. The van der Waals surface area contributed by atoms with Gasteiger partial charge in [0.05, 0.1) is 17.9 Å². The van der Waals surface area contributed by atoms with Crippen LogP contribution in [0.25, 0.3) is 0 Å². The summed E-state index contributed by atoms with van der Waals surface area (Å²) in [6, 6.07) is 4.64. The van der Waals surface area contributed by atoms with Crippen molar-refractivity contribution in [3.63, 3.8) is 0 Å². The maximum Gasteiger partial charge on any atom is 0.338 e. The van der Waals surface area contributed by atoms with Gasteiger partial charge in [-0.25, -0.2) is 4.79 Å². The van der Waals surface area contributed by atoms with Crippen LogP contribution < -0.4 is 15.8 Å². The molecule has 0 saturated carbocycles. The van der Waals surface area contributed by atoms with Gasteiger partial charge in [0.25, 0.3) is 5.91 Å². The molecule has 0 saturated heterocycles. The van der Waals surface area contributed by atoms with Crippen molar-refractivity contribution in [2.45, 2.75) is 33.1 Å². The summed E-state index contributed by atoms with van der Waals surface area (Å²) in [7, 11) is 0. The molecule has 1 aromatic rings. The van der Waals surface area contributed by atoms with E-state index in [9.17, 15) is 9.59 Å². The van der Waals surface area contributed by atoms with Crippen LogP contribution in [-0.4, -0.2) is 31.6 Å². The van der Waals surface area contributed by atoms with Crippen molar-refractivity contribution in [1.82, 2.24) is 5.32 Å². The third kappa shape index (κ3) is 6.03. The van der Waals surface area contributed by atoms with E-state index < -0.39 is 5.97 Å². The number of nitrogens with two attached hydrogens (primary N) is 1. The van der Waals surface area contributed by atoms with Gasteiger partial charge in [-0.05, 0) is 31.0 Å². The lowest BCUT2D eigenvalue weighted by atomic mass is 10.2. The van der Waals surface area contributed by atoms with Crippen molar-refractivity contribution < 1.29 is 19.1 Å². The highest BCUT2D eigenvalue weighted by atomic mass is 16.5. The molecule has 0 radical (unpaired) electrons. The van der Waals surface area contributed by atoms with Crippen molar-refractivity contribution >= 4 is 17.6 Å². The molecule has 0 aliphatic heterocycles. The van der Waals surface area contributed by atoms with Gasteiger partial charge in [0.2, 0.25) is 0 Å². The number of hydrogen-bond acceptors (Lipinski definition) is 5. The zero-order valence-electron chi connectivity index (χ0n) is 13.2. The number of anilines is 1. The maximum atomic E-state index is 11.8. The van der Waals surface area contributed by atoms with Crippen molar-refractivity contribution in [3.05, 3.63) is 23.8 Å². The Kier molecular flexibility index (Phi) is 7.81. The lowest BCUT2D eigenvalue weighted by molar-refractivity contribution is -0.123. The van der Waals surface area contributed by atoms with Gasteiger partial charge in [-0.15, -0.1) is 0 Å². The fraction of sp³-hybridized carbons (Fsp3) is 0.500. The summed E-state index contributed by atoms with van der Waals surface area (Å²) in [5, 5.41) is 2.70. The molecule has 0 fully saturated rings. The Morgan fingerprint density at radius 2 is 2.00 bits per heavy atom. The van der Waals surface area contributed by atoms with E-state index in [0.29, 0.717) is 30.2 Å². The van der Waals surface area contributed by atoms with Crippen molar-refractivity contribution in [2.24, 2.45) is 0 Å². The van der Waals surface area contributed by atoms with Crippen molar-refractivity contribution in [1.29, 1.82) is 0 Å². The molecule has 0 spiro atoms. The number of nitrogen functional groups attached to an aromatic ring is 1. The minimum Gasteiger partial charge on any atom is -0.482 e. The Morgan fingerprint density at radius 1 is 1.23 bits per heavy atom. The number of ether oxygens (including phenoxy) is 2. The SMILES string of the molecule is CCCCOC(=O)c1ccc(OCC(=O)NCCC)c(N)c1. The summed E-state index contributed by atoms with van der Waals surface area (Å²) in [5.41, 5.74) is 6.51. The third-order valence-corrected chi connectivity index (χ3v) is 2.91. The highest BCUT2D eigenvalue weighted by molar-refractivity contribution is 5.91. The lowest BCUT2D eigenvalue weighted by Gasteiger charge is -2.10. The molecule has 0 atom stereocenters. The molecule has 22 heavy (non-hydrogen) atoms. The molecule has 0 unspecified atom stereocenters. The number of rotatable bonds is 9. The van der Waals surface area contributed by atoms with Gasteiger partial charge in [-0.2, -0.15) is 0 Å². The molecule has 0 aliphatic carbocycles. The lowest BCUT2D eigenvalue weighted by Crippen LogP contribution is -2.29. The smallest absolute Gasteiger partial charge is 0.338 e. The first kappa shape index (κ1) is 17.8. The first-order valence-corrected chi connectivity index (χ1v) is 7.54. The van der Waals surface area contributed by atoms with Gasteiger partial charge in [0.1, 0.15) is 5.75 Å². The number of unbranched alkanes of at least 4 members (excludes halogenated alkanes) is 1. The summed E-state index contributed by atoms with van der Waals surface area (Å²) >= 11 is 0. The predicted molar refractivity (Wildman–Crippen MR) is 84.8 cm³/mol.